The van der Waals surface area contributed by atoms with Crippen molar-refractivity contribution in [3.8, 4) is 16.9 Å². The van der Waals surface area contributed by atoms with E-state index in [1.54, 1.807) is 35.8 Å². The number of thioether (sulfide) groups is 1. The minimum Gasteiger partial charge on any atom is -0.488 e. The van der Waals surface area contributed by atoms with Crippen molar-refractivity contribution in [1.82, 2.24) is 19.4 Å². The summed E-state index contributed by atoms with van der Waals surface area (Å²) in [7, 11) is 0. The van der Waals surface area contributed by atoms with Crippen LogP contribution >= 0.6 is 23.4 Å². The van der Waals surface area contributed by atoms with Gasteiger partial charge in [0, 0.05) is 70.8 Å². The molecule has 8 nitrogen and oxygen atoms in total. The van der Waals surface area contributed by atoms with Crippen LogP contribution in [0.25, 0.3) is 22.0 Å². The van der Waals surface area contributed by atoms with Crippen LogP contribution in [0, 0.1) is 11.6 Å². The largest absolute Gasteiger partial charge is 0.488 e. The van der Waals surface area contributed by atoms with Gasteiger partial charge in [0.25, 0.3) is 0 Å². The van der Waals surface area contributed by atoms with Crippen molar-refractivity contribution in [2.45, 2.75) is 49.7 Å². The first-order valence-electron chi connectivity index (χ1n) is 14.5. The van der Waals surface area contributed by atoms with Crippen LogP contribution in [-0.4, -0.2) is 62.4 Å². The Kier molecular flexibility index (Phi) is 8.68. The summed E-state index contributed by atoms with van der Waals surface area (Å²) in [6, 6.07) is 4.51. The number of aromatic nitrogens is 3. The zero-order valence-corrected chi connectivity index (χ0v) is 26.6. The summed E-state index contributed by atoms with van der Waals surface area (Å²) in [4.78, 5) is 37.9. The van der Waals surface area contributed by atoms with Gasteiger partial charge in [-0.15, -0.1) is 11.8 Å². The second-order valence-electron chi connectivity index (χ2n) is 11.4. The van der Waals surface area contributed by atoms with E-state index in [0.29, 0.717) is 11.8 Å². The molecule has 4 heterocycles. The fourth-order valence-corrected chi connectivity index (χ4v) is 7.71. The number of benzene rings is 2. The molecule has 0 spiro atoms. The summed E-state index contributed by atoms with van der Waals surface area (Å²) in [5, 5.41) is -0.564. The van der Waals surface area contributed by atoms with Gasteiger partial charge < -0.3 is 14.5 Å². The number of alkyl halides is 3. The fraction of sp³-hybridized carbons (Fsp3) is 0.312. The number of piperazine rings is 1. The van der Waals surface area contributed by atoms with Crippen LogP contribution < -0.4 is 15.3 Å². The van der Waals surface area contributed by atoms with E-state index in [2.05, 4.69) is 16.5 Å². The monoisotopic (exact) mass is 691 g/mol. The molecule has 47 heavy (non-hydrogen) atoms. The molecule has 2 aromatic heterocycles. The molecule has 0 saturated carbocycles. The van der Waals surface area contributed by atoms with Gasteiger partial charge in [-0.25, -0.2) is 13.6 Å². The van der Waals surface area contributed by atoms with E-state index in [0.717, 1.165) is 23.9 Å². The number of anilines is 1. The third kappa shape index (κ3) is 6.04. The summed E-state index contributed by atoms with van der Waals surface area (Å²) >= 11 is 6.93. The van der Waals surface area contributed by atoms with Crippen molar-refractivity contribution in [2.24, 2.45) is 0 Å². The highest BCUT2D eigenvalue weighted by atomic mass is 35.5. The molecule has 0 unspecified atom stereocenters. The number of hydrogen-bond acceptors (Lipinski definition) is 7. The highest BCUT2D eigenvalue weighted by molar-refractivity contribution is 7.99. The Hall–Kier alpha value is -4.17. The Labute approximate surface area is 274 Å². The molecule has 1 saturated heterocycles. The summed E-state index contributed by atoms with van der Waals surface area (Å²) in [6.07, 6.45) is -1.53. The maximum absolute atomic E-state index is 15.4. The maximum Gasteiger partial charge on any atom is 0.417 e. The van der Waals surface area contributed by atoms with Gasteiger partial charge in [0.1, 0.15) is 29.3 Å². The quantitative estimate of drug-likeness (QED) is 0.133. The van der Waals surface area contributed by atoms with Crippen LogP contribution in [-0.2, 0) is 17.5 Å². The summed E-state index contributed by atoms with van der Waals surface area (Å²) in [5.41, 5.74) is -3.02. The SMILES string of the molecule is C=CC(=O)N1[C@H](C)CN(c2nc(=O)n3c4c(c(-c5cc(Cl)c(F)cc5F)c(C(F)(F)F)cc24)SC[C@@H](Oc2ccncc2)C3)C[C@@H]1C. The average Bonchev–Trinajstić information content (AvgIpc) is 3.20. The normalized spacial score (nSPS) is 19.9. The van der Waals surface area contributed by atoms with Crippen molar-refractivity contribution in [3.63, 3.8) is 0 Å². The molecule has 0 bridgehead atoms. The third-order valence-corrected chi connectivity index (χ3v) is 9.70. The molecule has 0 aliphatic carbocycles. The van der Waals surface area contributed by atoms with Crippen molar-refractivity contribution in [3.05, 3.63) is 88.1 Å². The molecule has 2 aliphatic heterocycles. The fourth-order valence-electron chi connectivity index (χ4n) is 6.30. The van der Waals surface area contributed by atoms with E-state index in [-0.39, 0.29) is 52.9 Å². The first kappa shape index (κ1) is 32.8. The number of halogens is 6. The van der Waals surface area contributed by atoms with Crippen LogP contribution in [0.4, 0.5) is 27.8 Å². The van der Waals surface area contributed by atoms with Crippen molar-refractivity contribution < 1.29 is 31.5 Å². The Morgan fingerprint density at radius 3 is 2.40 bits per heavy atom. The number of amides is 1. The lowest BCUT2D eigenvalue weighted by Crippen LogP contribution is -2.58. The highest BCUT2D eigenvalue weighted by Crippen LogP contribution is 2.49. The smallest absolute Gasteiger partial charge is 0.417 e. The molecule has 1 amide bonds. The van der Waals surface area contributed by atoms with Gasteiger partial charge >= 0.3 is 11.9 Å². The zero-order valence-electron chi connectivity index (χ0n) is 25.0. The van der Waals surface area contributed by atoms with E-state index in [1.165, 1.54) is 23.0 Å². The van der Waals surface area contributed by atoms with Gasteiger partial charge in [-0.2, -0.15) is 18.2 Å². The molecule has 246 valence electrons. The number of rotatable bonds is 5. The van der Waals surface area contributed by atoms with E-state index in [9.17, 15) is 14.0 Å². The molecular formula is C32H27ClF5N5O3S. The maximum atomic E-state index is 15.4. The molecule has 6 rings (SSSR count). The van der Waals surface area contributed by atoms with Crippen LogP contribution in [0.15, 0.2) is 65.1 Å². The molecule has 0 N–H and O–H groups in total. The number of pyridine rings is 1. The molecule has 2 aliphatic rings. The minimum atomic E-state index is -5.01. The molecule has 15 heteroatoms. The van der Waals surface area contributed by atoms with Gasteiger partial charge in [0.15, 0.2) is 0 Å². The van der Waals surface area contributed by atoms with E-state index < -0.39 is 63.4 Å². The summed E-state index contributed by atoms with van der Waals surface area (Å²) in [6.45, 7) is 7.36. The standard InChI is InChI=1S/C32H27ClF5N5O3S/c1-4-26(44)43-16(2)12-41(13-17(43)3)30-21-9-22(32(36,37)38)27(20-10-23(33)25(35)11-24(20)34)29-28(21)42(31(45)40-30)14-19(15-47-29)46-18-5-7-39-8-6-18/h4-11,16-17,19H,1,12-15H2,2-3H3/t16-,17+,19-/m0/s1. The van der Waals surface area contributed by atoms with E-state index in [1.807, 2.05) is 0 Å². The predicted molar refractivity (Wildman–Crippen MR) is 169 cm³/mol. The first-order chi connectivity index (χ1) is 22.3. The van der Waals surface area contributed by atoms with Crippen LogP contribution in [0.1, 0.15) is 19.4 Å². The number of nitrogens with zero attached hydrogens (tertiary/aromatic N) is 5. The Bertz CT molecular complexity index is 1950. The minimum absolute atomic E-state index is 0.00394. The van der Waals surface area contributed by atoms with Crippen molar-refractivity contribution in [2.75, 3.05) is 23.7 Å². The van der Waals surface area contributed by atoms with E-state index >= 15 is 17.6 Å². The Balaban J connectivity index is 1.62. The lowest BCUT2D eigenvalue weighted by molar-refractivity contribution is -0.137. The van der Waals surface area contributed by atoms with Crippen LogP contribution in [0.3, 0.4) is 0 Å². The van der Waals surface area contributed by atoms with Gasteiger partial charge in [-0.3, -0.25) is 14.3 Å². The van der Waals surface area contributed by atoms with E-state index in [4.69, 9.17) is 16.3 Å². The number of ether oxygens (including phenoxy) is 1. The molecule has 1 fully saturated rings. The van der Waals surface area contributed by atoms with Crippen LogP contribution in [0.2, 0.25) is 5.02 Å². The lowest BCUT2D eigenvalue weighted by atomic mass is 9.95. The summed E-state index contributed by atoms with van der Waals surface area (Å²) < 4.78 is 82.0. The average molecular weight is 692 g/mol. The molecule has 0 radical (unpaired) electrons. The van der Waals surface area contributed by atoms with Crippen LogP contribution in [0.5, 0.6) is 5.75 Å². The lowest BCUT2D eigenvalue weighted by Gasteiger charge is -2.44. The highest BCUT2D eigenvalue weighted by Gasteiger charge is 2.40. The first-order valence-corrected chi connectivity index (χ1v) is 15.9. The third-order valence-electron chi connectivity index (χ3n) is 8.18. The second-order valence-corrected chi connectivity index (χ2v) is 12.8. The van der Waals surface area contributed by atoms with Gasteiger partial charge in [0.05, 0.1) is 22.6 Å². The zero-order chi connectivity index (χ0) is 33.8. The summed E-state index contributed by atoms with van der Waals surface area (Å²) in [5.74, 6) is -2.20. The molecule has 3 atom stereocenters. The topological polar surface area (TPSA) is 80.6 Å². The number of carbonyl (C=O) groups is 1. The molecule has 2 aromatic carbocycles. The second kappa shape index (κ2) is 12.5. The molecular weight excluding hydrogens is 665 g/mol. The van der Waals surface area contributed by atoms with Gasteiger partial charge in [-0.05, 0) is 44.2 Å². The molecule has 4 aromatic rings. The predicted octanol–water partition coefficient (Wildman–Crippen LogP) is 6.57. The number of hydrogen-bond donors (Lipinski definition) is 0. The van der Waals surface area contributed by atoms with Crippen molar-refractivity contribution >= 4 is 46.0 Å². The van der Waals surface area contributed by atoms with Gasteiger partial charge in [-0.1, -0.05) is 18.2 Å². The van der Waals surface area contributed by atoms with Gasteiger partial charge in [0.2, 0.25) is 5.91 Å². The Morgan fingerprint density at radius 1 is 1.09 bits per heavy atom. The van der Waals surface area contributed by atoms with Crippen molar-refractivity contribution in [1.29, 1.82) is 0 Å². The number of carbonyl (C=O) groups excluding carboxylic acids is 1. The Morgan fingerprint density at radius 2 is 1.77 bits per heavy atom.